The summed E-state index contributed by atoms with van der Waals surface area (Å²) in [5.41, 5.74) is 2.67. The molecule has 0 aromatic heterocycles. The molecule has 130 valence electrons. The molecule has 1 aliphatic rings. The maximum Gasteiger partial charge on any atom is 2.00 e. The third kappa shape index (κ3) is 9.71. The van der Waals surface area contributed by atoms with E-state index in [1.54, 1.807) is 0 Å². The molecule has 0 radical (unpaired) electrons. The first kappa shape index (κ1) is 21.8. The summed E-state index contributed by atoms with van der Waals surface area (Å²) < 4.78 is 0. The van der Waals surface area contributed by atoms with Gasteiger partial charge in [0.15, 0.2) is 0 Å². The fourth-order valence-electron chi connectivity index (χ4n) is 2.93. The van der Waals surface area contributed by atoms with Crippen LogP contribution in [0.25, 0.3) is 0 Å². The second kappa shape index (κ2) is 9.79. The van der Waals surface area contributed by atoms with Crippen LogP contribution >= 0.6 is 0 Å². The molecule has 0 amide bonds. The summed E-state index contributed by atoms with van der Waals surface area (Å²) >= 11 is 0. The molecular weight excluding hydrogens is 319 g/mol. The van der Waals surface area contributed by atoms with Crippen LogP contribution in [0.15, 0.2) is 9.98 Å². The van der Waals surface area contributed by atoms with Crippen molar-refractivity contribution < 1.29 is 16.5 Å². The van der Waals surface area contributed by atoms with E-state index in [1.807, 2.05) is 0 Å². The standard InChI is InChI=1S/C17H34N4.Ni/c1-14-12-17(5,6)21-11-10-19-15(2)13-16(3,4)20-9-7-8-18-14;/h20-21H,7-13H2,1-6H3;/q;+2. The summed E-state index contributed by atoms with van der Waals surface area (Å²) in [6.45, 7) is 17.0. The Morgan fingerprint density at radius 2 is 1.23 bits per heavy atom. The largest absolute Gasteiger partial charge is 2.00 e. The summed E-state index contributed by atoms with van der Waals surface area (Å²) in [5, 5.41) is 7.22. The van der Waals surface area contributed by atoms with Crippen LogP contribution in [0.1, 0.15) is 60.8 Å². The van der Waals surface area contributed by atoms with Crippen LogP contribution < -0.4 is 10.6 Å². The van der Waals surface area contributed by atoms with Crippen molar-refractivity contribution in [2.45, 2.75) is 71.9 Å². The molecule has 0 unspecified atom stereocenters. The zero-order chi connectivity index (χ0) is 15.9. The van der Waals surface area contributed by atoms with Gasteiger partial charge in [0.25, 0.3) is 0 Å². The number of hydrogen-bond donors (Lipinski definition) is 2. The van der Waals surface area contributed by atoms with E-state index in [4.69, 9.17) is 9.98 Å². The summed E-state index contributed by atoms with van der Waals surface area (Å²) in [6.07, 6.45) is 3.08. The predicted molar refractivity (Wildman–Crippen MR) is 94.0 cm³/mol. The second-order valence-electron chi connectivity index (χ2n) is 7.56. The molecule has 0 aliphatic carbocycles. The van der Waals surface area contributed by atoms with E-state index in [2.05, 4.69) is 52.2 Å². The Hall–Kier alpha value is -0.246. The van der Waals surface area contributed by atoms with Crippen LogP contribution in [0.3, 0.4) is 0 Å². The molecule has 0 spiro atoms. The molecule has 1 rings (SSSR count). The number of rotatable bonds is 0. The van der Waals surface area contributed by atoms with Gasteiger partial charge >= 0.3 is 16.5 Å². The molecule has 0 aromatic carbocycles. The van der Waals surface area contributed by atoms with Crippen LogP contribution in [0.2, 0.25) is 0 Å². The Balaban J connectivity index is 0.00000441. The van der Waals surface area contributed by atoms with E-state index in [1.165, 1.54) is 11.4 Å². The average Bonchev–Trinajstić information content (AvgIpc) is 2.32. The van der Waals surface area contributed by atoms with Gasteiger partial charge in [-0.25, -0.2) is 0 Å². The minimum absolute atomic E-state index is 0. The fraction of sp³-hybridized carbons (Fsp3) is 0.882. The third-order valence-electron chi connectivity index (χ3n) is 3.81. The molecule has 0 saturated heterocycles. The molecule has 0 fully saturated rings. The third-order valence-corrected chi connectivity index (χ3v) is 3.81. The van der Waals surface area contributed by atoms with Crippen LogP contribution in [0.5, 0.6) is 0 Å². The Labute approximate surface area is 147 Å². The van der Waals surface area contributed by atoms with Gasteiger partial charge in [-0.05, 0) is 54.5 Å². The van der Waals surface area contributed by atoms with E-state index in [0.717, 1.165) is 45.4 Å². The van der Waals surface area contributed by atoms with Crippen LogP contribution in [0, 0.1) is 0 Å². The first-order chi connectivity index (χ1) is 9.70. The Bertz CT molecular complexity index is 386. The van der Waals surface area contributed by atoms with Gasteiger partial charge in [-0.1, -0.05) is 0 Å². The maximum atomic E-state index is 4.70. The normalized spacial score (nSPS) is 24.1. The molecule has 0 aromatic rings. The van der Waals surface area contributed by atoms with Gasteiger partial charge in [-0.3, -0.25) is 9.98 Å². The molecule has 0 saturated carbocycles. The van der Waals surface area contributed by atoms with Gasteiger partial charge < -0.3 is 10.6 Å². The fourth-order valence-corrected chi connectivity index (χ4v) is 2.93. The first-order valence-electron chi connectivity index (χ1n) is 8.20. The predicted octanol–water partition coefficient (Wildman–Crippen LogP) is 2.83. The minimum atomic E-state index is 0. The summed E-state index contributed by atoms with van der Waals surface area (Å²) in [4.78, 5) is 9.40. The van der Waals surface area contributed by atoms with Crippen LogP contribution in [0.4, 0.5) is 0 Å². The molecule has 1 aliphatic heterocycles. The van der Waals surface area contributed by atoms with Gasteiger partial charge in [0.2, 0.25) is 0 Å². The van der Waals surface area contributed by atoms with E-state index in [-0.39, 0.29) is 27.6 Å². The van der Waals surface area contributed by atoms with E-state index < -0.39 is 0 Å². The Morgan fingerprint density at radius 1 is 0.773 bits per heavy atom. The maximum absolute atomic E-state index is 4.70. The summed E-state index contributed by atoms with van der Waals surface area (Å²) in [5.74, 6) is 0. The number of nitrogens with zero attached hydrogens (tertiary/aromatic N) is 2. The zero-order valence-corrected chi connectivity index (χ0v) is 16.1. The zero-order valence-electron chi connectivity index (χ0n) is 15.2. The van der Waals surface area contributed by atoms with Crippen molar-refractivity contribution in [2.75, 3.05) is 26.2 Å². The van der Waals surface area contributed by atoms with Crippen molar-refractivity contribution in [2.24, 2.45) is 9.98 Å². The number of hydrogen-bond acceptors (Lipinski definition) is 4. The van der Waals surface area contributed by atoms with Gasteiger partial charge in [0, 0.05) is 48.4 Å². The van der Waals surface area contributed by atoms with Crippen molar-refractivity contribution in [3.05, 3.63) is 0 Å². The molecular formula is C17H34N4Ni+2. The molecule has 2 N–H and O–H groups in total. The monoisotopic (exact) mass is 352 g/mol. The molecule has 5 heteroatoms. The van der Waals surface area contributed by atoms with Gasteiger partial charge in [-0.15, -0.1) is 0 Å². The van der Waals surface area contributed by atoms with E-state index in [9.17, 15) is 0 Å². The van der Waals surface area contributed by atoms with Crippen molar-refractivity contribution in [3.63, 3.8) is 0 Å². The Morgan fingerprint density at radius 3 is 1.77 bits per heavy atom. The van der Waals surface area contributed by atoms with Gasteiger partial charge in [0.05, 0.1) is 6.54 Å². The Kier molecular flexibility index (Phi) is 9.69. The molecule has 4 nitrogen and oxygen atoms in total. The van der Waals surface area contributed by atoms with Crippen LogP contribution in [-0.4, -0.2) is 48.7 Å². The van der Waals surface area contributed by atoms with Crippen LogP contribution in [-0.2, 0) is 16.5 Å². The molecule has 0 atom stereocenters. The summed E-state index contributed by atoms with van der Waals surface area (Å²) in [7, 11) is 0. The summed E-state index contributed by atoms with van der Waals surface area (Å²) in [6, 6.07) is 0. The molecule has 1 heterocycles. The van der Waals surface area contributed by atoms with Gasteiger partial charge in [-0.2, -0.15) is 0 Å². The van der Waals surface area contributed by atoms with Crippen molar-refractivity contribution >= 4 is 11.4 Å². The average molecular weight is 353 g/mol. The van der Waals surface area contributed by atoms with Crippen molar-refractivity contribution in [3.8, 4) is 0 Å². The number of nitrogens with one attached hydrogen (secondary N) is 2. The van der Waals surface area contributed by atoms with E-state index in [0.29, 0.717) is 0 Å². The number of aliphatic imine (C=N–C) groups is 2. The first-order valence-corrected chi connectivity index (χ1v) is 8.20. The van der Waals surface area contributed by atoms with Crippen molar-refractivity contribution in [1.29, 1.82) is 0 Å². The SMILES string of the molecule is CC1=NCCNC(C)(C)CC(C)=NCCCNC(C)(C)C1.[Ni+2]. The quantitative estimate of drug-likeness (QED) is 0.658. The second-order valence-corrected chi connectivity index (χ2v) is 7.56. The van der Waals surface area contributed by atoms with E-state index >= 15 is 0 Å². The van der Waals surface area contributed by atoms with Crippen molar-refractivity contribution in [1.82, 2.24) is 10.6 Å². The van der Waals surface area contributed by atoms with Gasteiger partial charge in [0.1, 0.15) is 0 Å². The molecule has 22 heavy (non-hydrogen) atoms. The topological polar surface area (TPSA) is 48.8 Å². The minimum Gasteiger partial charge on any atom is -0.311 e. The smallest absolute Gasteiger partial charge is 0.311 e. The molecule has 0 bridgehead atoms.